The van der Waals surface area contributed by atoms with Crippen LogP contribution in [0.4, 0.5) is 5.69 Å². The fraction of sp³-hybridized carbons (Fsp3) is 0.185. The van der Waals surface area contributed by atoms with Crippen molar-refractivity contribution in [1.29, 1.82) is 0 Å². The van der Waals surface area contributed by atoms with E-state index in [-0.39, 0.29) is 31.6 Å². The van der Waals surface area contributed by atoms with Gasteiger partial charge in [0.1, 0.15) is 11.6 Å². The Bertz CT molecular complexity index is 1480. The van der Waals surface area contributed by atoms with Gasteiger partial charge in [0.15, 0.2) is 17.1 Å². The number of carbonyl (C=O) groups excluding carboxylic acids is 3. The van der Waals surface area contributed by atoms with Crippen LogP contribution >= 0.6 is 0 Å². The van der Waals surface area contributed by atoms with Gasteiger partial charge in [0, 0.05) is 19.0 Å². The van der Waals surface area contributed by atoms with Gasteiger partial charge in [-0.15, -0.1) is 0 Å². The van der Waals surface area contributed by atoms with E-state index in [0.717, 1.165) is 21.5 Å². The molecule has 6 rings (SSSR count). The van der Waals surface area contributed by atoms with Gasteiger partial charge in [0.25, 0.3) is 5.91 Å². The summed E-state index contributed by atoms with van der Waals surface area (Å²) in [7, 11) is 0. The third kappa shape index (κ3) is 3.74. The Kier molecular flexibility index (Phi) is 5.18. The minimum Gasteiger partial charge on any atom is -0.454 e. The highest BCUT2D eigenvalue weighted by atomic mass is 16.7. The van der Waals surface area contributed by atoms with Crippen molar-refractivity contribution in [2.45, 2.75) is 25.9 Å². The molecule has 180 valence electrons. The van der Waals surface area contributed by atoms with Gasteiger partial charge in [0.05, 0.1) is 12.1 Å². The third-order valence-electron chi connectivity index (χ3n) is 6.36. The number of benzene rings is 3. The number of carbonyl (C=O) groups is 3. The van der Waals surface area contributed by atoms with Gasteiger partial charge in [-0.1, -0.05) is 18.2 Å². The van der Waals surface area contributed by atoms with E-state index in [1.165, 1.54) is 11.8 Å². The van der Waals surface area contributed by atoms with E-state index in [4.69, 9.17) is 13.9 Å². The van der Waals surface area contributed by atoms with Crippen molar-refractivity contribution < 1.29 is 28.3 Å². The molecule has 3 aromatic carbocycles. The van der Waals surface area contributed by atoms with Crippen LogP contribution in [0.3, 0.4) is 0 Å². The van der Waals surface area contributed by atoms with Crippen LogP contribution in [0, 0.1) is 0 Å². The Morgan fingerprint density at radius 3 is 2.58 bits per heavy atom. The van der Waals surface area contributed by atoms with E-state index in [2.05, 4.69) is 4.98 Å². The van der Waals surface area contributed by atoms with Crippen LogP contribution in [0.25, 0.3) is 22.6 Å². The Morgan fingerprint density at radius 1 is 1.03 bits per heavy atom. The van der Waals surface area contributed by atoms with E-state index in [9.17, 15) is 14.4 Å². The first kappa shape index (κ1) is 21.8. The van der Waals surface area contributed by atoms with E-state index in [1.807, 2.05) is 30.3 Å². The second kappa shape index (κ2) is 8.53. The number of imide groups is 1. The lowest BCUT2D eigenvalue weighted by atomic mass is 10.1. The summed E-state index contributed by atoms with van der Waals surface area (Å²) >= 11 is 0. The quantitative estimate of drug-likeness (QED) is 0.397. The van der Waals surface area contributed by atoms with Gasteiger partial charge in [0.2, 0.25) is 24.5 Å². The maximum Gasteiger partial charge on any atom is 0.257 e. The Labute approximate surface area is 205 Å². The predicted molar refractivity (Wildman–Crippen MR) is 129 cm³/mol. The molecule has 0 saturated carbocycles. The zero-order valence-electron chi connectivity index (χ0n) is 19.3. The van der Waals surface area contributed by atoms with Gasteiger partial charge in [-0.2, -0.15) is 0 Å². The van der Waals surface area contributed by atoms with E-state index >= 15 is 0 Å². The average molecular weight is 483 g/mol. The largest absolute Gasteiger partial charge is 0.454 e. The van der Waals surface area contributed by atoms with Crippen molar-refractivity contribution in [3.05, 3.63) is 72.3 Å². The monoisotopic (exact) mass is 483 g/mol. The summed E-state index contributed by atoms with van der Waals surface area (Å²) in [5.41, 5.74) is 3.35. The molecule has 2 aliphatic rings. The molecule has 36 heavy (non-hydrogen) atoms. The zero-order valence-corrected chi connectivity index (χ0v) is 19.3. The summed E-state index contributed by atoms with van der Waals surface area (Å²) in [4.78, 5) is 45.8. The molecule has 1 fully saturated rings. The number of rotatable bonds is 5. The Balaban J connectivity index is 1.23. The first-order valence-electron chi connectivity index (χ1n) is 11.5. The highest BCUT2D eigenvalue weighted by Gasteiger charge is 2.43. The molecule has 1 unspecified atom stereocenters. The van der Waals surface area contributed by atoms with Gasteiger partial charge < -0.3 is 18.8 Å². The van der Waals surface area contributed by atoms with E-state index in [0.29, 0.717) is 28.7 Å². The number of para-hydroxylation sites is 2. The Morgan fingerprint density at radius 2 is 1.81 bits per heavy atom. The lowest BCUT2D eigenvalue weighted by Crippen LogP contribution is -2.44. The molecule has 1 saturated heterocycles. The summed E-state index contributed by atoms with van der Waals surface area (Å²) in [5.74, 6) is 0.568. The third-order valence-corrected chi connectivity index (χ3v) is 6.36. The van der Waals surface area contributed by atoms with Crippen LogP contribution in [0.15, 0.2) is 71.1 Å². The van der Waals surface area contributed by atoms with E-state index < -0.39 is 11.9 Å². The molecule has 4 aromatic rings. The molecule has 1 atom stereocenters. The number of anilines is 1. The fourth-order valence-electron chi connectivity index (χ4n) is 4.56. The second-order valence-corrected chi connectivity index (χ2v) is 8.66. The molecule has 0 radical (unpaired) electrons. The predicted octanol–water partition coefficient (Wildman–Crippen LogP) is 3.90. The van der Waals surface area contributed by atoms with Crippen LogP contribution < -0.4 is 14.4 Å². The van der Waals surface area contributed by atoms with Crippen LogP contribution in [0.2, 0.25) is 0 Å². The summed E-state index contributed by atoms with van der Waals surface area (Å²) in [5, 5.41) is 0. The van der Waals surface area contributed by atoms with Crippen molar-refractivity contribution in [1.82, 2.24) is 9.88 Å². The summed E-state index contributed by atoms with van der Waals surface area (Å²) in [6.45, 7) is 1.70. The van der Waals surface area contributed by atoms with Crippen molar-refractivity contribution in [3.8, 4) is 23.0 Å². The SMILES string of the molecule is CC(=O)N(Cc1ccc2c(c1)OCO2)C1CC(=O)N(c2ccc(-c3nc4ccccc4o3)cc2)C1=O. The van der Waals surface area contributed by atoms with Crippen LogP contribution in [0.1, 0.15) is 18.9 Å². The normalized spacial score (nSPS) is 16.7. The highest BCUT2D eigenvalue weighted by molar-refractivity contribution is 6.23. The molecule has 9 heteroatoms. The van der Waals surface area contributed by atoms with Crippen molar-refractivity contribution in [2.24, 2.45) is 0 Å². The number of amides is 3. The number of fused-ring (bicyclic) bond motifs is 2. The summed E-state index contributed by atoms with van der Waals surface area (Å²) in [6, 6.07) is 18.8. The van der Waals surface area contributed by atoms with Gasteiger partial charge in [-0.25, -0.2) is 9.88 Å². The molecule has 3 amide bonds. The van der Waals surface area contributed by atoms with Crippen molar-refractivity contribution in [3.63, 3.8) is 0 Å². The topological polar surface area (TPSA) is 102 Å². The number of ether oxygens (including phenoxy) is 2. The highest BCUT2D eigenvalue weighted by Crippen LogP contribution is 2.34. The molecule has 2 aliphatic heterocycles. The summed E-state index contributed by atoms with van der Waals surface area (Å²) in [6.07, 6.45) is -0.0875. The molecule has 1 aromatic heterocycles. The molecule has 0 N–H and O–H groups in total. The van der Waals surface area contributed by atoms with Gasteiger partial charge in [-0.3, -0.25) is 14.4 Å². The molecular weight excluding hydrogens is 462 g/mol. The lowest BCUT2D eigenvalue weighted by molar-refractivity contribution is -0.137. The lowest BCUT2D eigenvalue weighted by Gasteiger charge is -2.26. The molecule has 9 nitrogen and oxygen atoms in total. The number of oxazole rings is 1. The first-order chi connectivity index (χ1) is 17.5. The van der Waals surface area contributed by atoms with Crippen LogP contribution in [-0.2, 0) is 20.9 Å². The minimum atomic E-state index is -0.892. The molecular formula is C27H21N3O6. The molecule has 0 bridgehead atoms. The fourth-order valence-corrected chi connectivity index (χ4v) is 4.56. The Hall–Kier alpha value is -4.66. The van der Waals surface area contributed by atoms with E-state index in [1.54, 1.807) is 36.4 Å². The minimum absolute atomic E-state index is 0.0875. The maximum absolute atomic E-state index is 13.3. The standard InChI is InChI=1S/C27H21N3O6/c1-16(31)29(14-17-6-11-23-24(12-17)35-15-34-23)21-13-25(32)30(27(21)33)19-9-7-18(8-10-19)26-28-20-4-2-3-5-22(20)36-26/h2-12,21H,13-15H2,1H3. The number of hydrogen-bond acceptors (Lipinski definition) is 7. The second-order valence-electron chi connectivity index (χ2n) is 8.66. The van der Waals surface area contributed by atoms with Gasteiger partial charge >= 0.3 is 0 Å². The smallest absolute Gasteiger partial charge is 0.257 e. The molecule has 0 spiro atoms. The zero-order chi connectivity index (χ0) is 24.8. The number of aromatic nitrogens is 1. The molecule has 3 heterocycles. The van der Waals surface area contributed by atoms with Crippen LogP contribution in [-0.4, -0.2) is 40.4 Å². The first-order valence-corrected chi connectivity index (χ1v) is 11.5. The van der Waals surface area contributed by atoms with Crippen molar-refractivity contribution >= 4 is 34.5 Å². The number of nitrogens with zero attached hydrogens (tertiary/aromatic N) is 3. The van der Waals surface area contributed by atoms with Crippen LogP contribution in [0.5, 0.6) is 11.5 Å². The van der Waals surface area contributed by atoms with Crippen molar-refractivity contribution in [2.75, 3.05) is 11.7 Å². The summed E-state index contributed by atoms with van der Waals surface area (Å²) < 4.78 is 16.5. The van der Waals surface area contributed by atoms with Gasteiger partial charge in [-0.05, 0) is 54.1 Å². The molecule has 0 aliphatic carbocycles. The average Bonchev–Trinajstić information content (AvgIpc) is 3.59. The maximum atomic E-state index is 13.3. The number of hydrogen-bond donors (Lipinski definition) is 0.